The molecule has 0 unspecified atom stereocenters. The van der Waals surface area contributed by atoms with E-state index in [1.807, 2.05) is 22.7 Å². The summed E-state index contributed by atoms with van der Waals surface area (Å²) in [5, 5.41) is 8.72. The van der Waals surface area contributed by atoms with E-state index >= 15 is 0 Å². The van der Waals surface area contributed by atoms with Crippen LogP contribution in [0.4, 0.5) is 11.4 Å². The fourth-order valence-electron chi connectivity index (χ4n) is 15.0. The van der Waals surface area contributed by atoms with Gasteiger partial charge >= 0.3 is 0 Å². The standard InChI is InChI=1S/C74H82N6S9Si4/c1-11-13-15-17-23-51-45-57(47-29-33-49(34-30-47)73-75-59-60(76-73)68(54-26-20-38-82-54)87-67(59)53-25-19-37-81-53)85-65(51)71-63-64(80-92(7,8)43-41-90(3,4)79(63)91(5,6)42-44-93(80,9)10)72(89-71)66-52(24-18-16-14-12-2)46-58(86-66)48-31-35-50(36-32-48)74-77-61-62(78-74)70(56-28-22-40-84-56)88-69(61)55-27-21-39-83-55/h19-22,25-40,45-46H,11-18,23-24,41-44H2,1-10H3,(H,75,76)(H,77,78). The molecule has 2 N–H and O–H groups in total. The number of unbranched alkanes of at least 4 members (excludes halogenated alkanes) is 6. The number of anilines is 2. The lowest BCUT2D eigenvalue weighted by Crippen LogP contribution is -2.71. The number of hydrogen-bond acceptors (Lipinski definition) is 13. The summed E-state index contributed by atoms with van der Waals surface area (Å²) >= 11 is 17.3. The molecule has 2 aliphatic rings. The van der Waals surface area contributed by atoms with Crippen molar-refractivity contribution in [1.82, 2.24) is 19.9 Å². The van der Waals surface area contributed by atoms with Crippen LogP contribution in [0.2, 0.25) is 76.6 Å². The van der Waals surface area contributed by atoms with E-state index < -0.39 is 32.9 Å². The van der Waals surface area contributed by atoms with Crippen molar-refractivity contribution in [3.05, 3.63) is 142 Å². The number of hydrogen-bond donors (Lipinski definition) is 2. The van der Waals surface area contributed by atoms with E-state index in [4.69, 9.17) is 9.97 Å². The molecule has 0 saturated heterocycles. The number of aryl methyl sites for hydroxylation is 2. The van der Waals surface area contributed by atoms with Gasteiger partial charge < -0.3 is 18.4 Å². The van der Waals surface area contributed by atoms with Crippen LogP contribution in [0.15, 0.2) is 131 Å². The molecular formula is C74H82N6S9Si4. The van der Waals surface area contributed by atoms with Gasteiger partial charge in [-0.25, -0.2) is 9.97 Å². The normalized spacial score (nSPS) is 16.0. The van der Waals surface area contributed by atoms with E-state index in [0.29, 0.717) is 0 Å². The summed E-state index contributed by atoms with van der Waals surface area (Å²) in [5.74, 6) is 1.87. The van der Waals surface area contributed by atoms with Crippen molar-refractivity contribution in [2.45, 2.75) is 155 Å². The SMILES string of the molecule is CCCCCCc1cc(-c2ccc(-c3nc4c(-c5cccs5)sc(-c5cccs5)c4[nH]3)cc2)sc1-c1sc(-c2sc(-c3ccc(-c4nc5c(-c6cccs6)sc(-c6cccs6)c5[nH]4)cc3)cc2CCCCCC)c2c1N1[Si](C)(C)CC[Si](C)(C)N2[Si](C)(C)CC[Si]1(C)C. The second-order valence-corrected chi connectivity index (χ2v) is 56.3. The lowest BCUT2D eigenvalue weighted by atomic mass is 10.0. The van der Waals surface area contributed by atoms with Crippen LogP contribution in [0.25, 0.3) is 124 Å². The Morgan fingerprint density at radius 3 is 1.03 bits per heavy atom. The second-order valence-electron chi connectivity index (χ2n) is 28.1. The molecule has 0 amide bonds. The van der Waals surface area contributed by atoms with Crippen molar-refractivity contribution in [3.63, 3.8) is 0 Å². The van der Waals surface area contributed by atoms with Gasteiger partial charge in [0, 0.05) is 40.4 Å². The van der Waals surface area contributed by atoms with Crippen LogP contribution < -0.4 is 8.46 Å². The van der Waals surface area contributed by atoms with Gasteiger partial charge in [0.2, 0.25) is 0 Å². The predicted octanol–water partition coefficient (Wildman–Crippen LogP) is 27.4. The molecule has 11 aromatic heterocycles. The van der Waals surface area contributed by atoms with Gasteiger partial charge in [-0.3, -0.25) is 0 Å². The summed E-state index contributed by atoms with van der Waals surface area (Å²) in [6.07, 6.45) is 12.2. The van der Waals surface area contributed by atoms with E-state index in [2.05, 4.69) is 249 Å². The van der Waals surface area contributed by atoms with Gasteiger partial charge in [0.25, 0.3) is 0 Å². The molecule has 15 rings (SSSR count). The summed E-state index contributed by atoms with van der Waals surface area (Å²) < 4.78 is 6.61. The molecule has 0 radical (unpaired) electrons. The van der Waals surface area contributed by atoms with Gasteiger partial charge in [-0.15, -0.1) is 102 Å². The first-order chi connectivity index (χ1) is 45.0. The average Bonchev–Trinajstić information content (AvgIpc) is 1.63. The van der Waals surface area contributed by atoms with Gasteiger partial charge in [0.05, 0.1) is 61.4 Å². The molecule has 2 aliphatic heterocycles. The Morgan fingerprint density at radius 1 is 0.366 bits per heavy atom. The molecular weight excluding hydrogens is 1370 g/mol. The number of fused-ring (bicyclic) bond motifs is 2. The highest BCUT2D eigenvalue weighted by Crippen LogP contribution is 2.63. The van der Waals surface area contributed by atoms with E-state index in [9.17, 15) is 0 Å². The summed E-state index contributed by atoms with van der Waals surface area (Å²) in [4.78, 5) is 37.6. The predicted molar refractivity (Wildman–Crippen MR) is 431 cm³/mol. The Kier molecular flexibility index (Phi) is 17.8. The van der Waals surface area contributed by atoms with E-state index in [1.165, 1.54) is 145 Å². The van der Waals surface area contributed by atoms with Crippen LogP contribution in [-0.4, -0.2) is 52.9 Å². The highest BCUT2D eigenvalue weighted by molar-refractivity contribution is 7.30. The van der Waals surface area contributed by atoms with Crippen LogP contribution >= 0.6 is 102 Å². The number of nitrogens with zero attached hydrogens (tertiary/aromatic N) is 4. The molecule has 0 atom stereocenters. The zero-order valence-electron chi connectivity index (χ0n) is 55.1. The minimum atomic E-state index is -2.03. The third-order valence-electron chi connectivity index (χ3n) is 19.6. The maximum atomic E-state index is 5.40. The van der Waals surface area contributed by atoms with Crippen molar-refractivity contribution in [3.8, 4) is 102 Å². The molecule has 0 saturated carbocycles. The highest BCUT2D eigenvalue weighted by atomic mass is 32.1. The van der Waals surface area contributed by atoms with Gasteiger partial charge in [-0.05, 0) is 130 Å². The number of imidazole rings is 2. The summed E-state index contributed by atoms with van der Waals surface area (Å²) in [6.45, 7) is 26.9. The van der Waals surface area contributed by atoms with Crippen molar-refractivity contribution >= 4 is 168 Å². The molecule has 2 bridgehead atoms. The van der Waals surface area contributed by atoms with Crippen molar-refractivity contribution in [1.29, 1.82) is 0 Å². The molecule has 2 aromatic carbocycles. The third-order valence-corrected chi connectivity index (χ3v) is 50.0. The first-order valence-electron chi connectivity index (χ1n) is 33.4. The van der Waals surface area contributed by atoms with Crippen LogP contribution in [0.5, 0.6) is 0 Å². The first-order valence-corrected chi connectivity index (χ1v) is 53.7. The van der Waals surface area contributed by atoms with Crippen molar-refractivity contribution in [2.75, 3.05) is 8.46 Å². The van der Waals surface area contributed by atoms with Gasteiger partial charge in [0.15, 0.2) is 0 Å². The number of H-pyrrole nitrogens is 2. The van der Waals surface area contributed by atoms with E-state index in [0.717, 1.165) is 57.7 Å². The molecule has 19 heteroatoms. The van der Waals surface area contributed by atoms with Crippen LogP contribution in [-0.2, 0) is 12.8 Å². The molecule has 13 aromatic rings. The third kappa shape index (κ3) is 12.0. The monoisotopic (exact) mass is 1450 g/mol. The first kappa shape index (κ1) is 64.2. The molecule has 6 nitrogen and oxygen atoms in total. The van der Waals surface area contributed by atoms with Crippen LogP contribution in [0.1, 0.15) is 76.3 Å². The van der Waals surface area contributed by atoms with E-state index in [-0.39, 0.29) is 0 Å². The Labute approximate surface area is 589 Å². The topological polar surface area (TPSA) is 63.8 Å². The van der Waals surface area contributed by atoms with Crippen LogP contribution in [0.3, 0.4) is 0 Å². The number of thiophene rings is 9. The minimum Gasteiger partial charge on any atom is -0.421 e. The number of aromatic amines is 2. The summed E-state index contributed by atoms with van der Waals surface area (Å²) in [6, 6.07) is 47.2. The zero-order chi connectivity index (χ0) is 64.0. The summed E-state index contributed by atoms with van der Waals surface area (Å²) in [7, 11) is -8.14. The number of benzene rings is 2. The largest absolute Gasteiger partial charge is 0.421 e. The highest BCUT2D eigenvalue weighted by Gasteiger charge is 2.55. The fraction of sp³-hybridized carbons (Fsp3) is 0.324. The Balaban J connectivity index is 0.879. The van der Waals surface area contributed by atoms with Crippen molar-refractivity contribution in [2.24, 2.45) is 0 Å². The maximum absolute atomic E-state index is 5.40. The molecule has 0 aliphatic carbocycles. The minimum absolute atomic E-state index is 0.935. The lowest BCUT2D eigenvalue weighted by Gasteiger charge is -2.60. The average molecular weight is 1460 g/mol. The van der Waals surface area contributed by atoms with Crippen LogP contribution in [0, 0.1) is 0 Å². The van der Waals surface area contributed by atoms with Gasteiger partial charge in [-0.2, -0.15) is 0 Å². The summed E-state index contributed by atoms with van der Waals surface area (Å²) in [5.41, 5.74) is 15.7. The number of rotatable bonds is 20. The second kappa shape index (κ2) is 25.9. The Bertz CT molecular complexity index is 4270. The molecule has 478 valence electrons. The molecule has 0 fully saturated rings. The maximum Gasteiger partial charge on any atom is 0.141 e. The quantitative estimate of drug-likeness (QED) is 0.0590. The van der Waals surface area contributed by atoms with E-state index in [1.54, 1.807) is 77.6 Å². The lowest BCUT2D eigenvalue weighted by molar-refractivity contribution is 0.668. The molecule has 0 spiro atoms. The fourth-order valence-corrected chi connectivity index (χ4v) is 53.6. The van der Waals surface area contributed by atoms with Crippen molar-refractivity contribution < 1.29 is 0 Å². The Hall–Kier alpha value is -4.85. The smallest absolute Gasteiger partial charge is 0.141 e. The molecule has 13 heterocycles. The number of aromatic nitrogens is 4. The van der Waals surface area contributed by atoms with Gasteiger partial charge in [-0.1, -0.05) is 178 Å². The zero-order valence-corrected chi connectivity index (χ0v) is 66.4. The van der Waals surface area contributed by atoms with Gasteiger partial charge in [0.1, 0.15) is 55.6 Å². The Morgan fingerprint density at radius 2 is 0.699 bits per heavy atom. The molecule has 93 heavy (non-hydrogen) atoms. The number of nitrogens with one attached hydrogen (secondary N) is 2.